The molecule has 140 valence electrons. The molecule has 2 fully saturated rings. The number of anilines is 1. The summed E-state index contributed by atoms with van der Waals surface area (Å²) >= 11 is 0. The number of carbonyl (C=O) groups excluding carboxylic acids is 1. The highest BCUT2D eigenvalue weighted by Crippen LogP contribution is 2.49. The standard InChI is InChI=1S/C19H22N6O2/c1-13-8-15(23-27-13)16(9-26)24-6-7-25(11-19(10-24)3-4-19)18-14-2-5-20-17(14)21-12-22-18/h2,5,8-9,12,16H,3-4,6-7,10-11H2,1H3,(H,20,21,22). The van der Waals surface area contributed by atoms with E-state index in [1.54, 1.807) is 6.33 Å². The van der Waals surface area contributed by atoms with Crippen LogP contribution < -0.4 is 4.90 Å². The van der Waals surface area contributed by atoms with Crippen molar-refractivity contribution in [2.45, 2.75) is 25.8 Å². The molecule has 1 aliphatic heterocycles. The van der Waals surface area contributed by atoms with Crippen molar-refractivity contribution in [2.75, 3.05) is 31.1 Å². The van der Waals surface area contributed by atoms with Crippen molar-refractivity contribution >= 4 is 23.1 Å². The van der Waals surface area contributed by atoms with Crippen LogP contribution in [0.1, 0.15) is 30.3 Å². The molecule has 1 spiro atoms. The van der Waals surface area contributed by atoms with Crippen molar-refractivity contribution in [3.8, 4) is 0 Å². The average Bonchev–Trinajstić information content (AvgIpc) is 3.08. The van der Waals surface area contributed by atoms with Gasteiger partial charge in [0.25, 0.3) is 0 Å². The Morgan fingerprint density at radius 3 is 2.93 bits per heavy atom. The smallest absolute Gasteiger partial charge is 0.143 e. The summed E-state index contributed by atoms with van der Waals surface area (Å²) in [6.45, 7) is 5.26. The second-order valence-electron chi connectivity index (χ2n) is 7.77. The van der Waals surface area contributed by atoms with E-state index in [9.17, 15) is 4.79 Å². The predicted molar refractivity (Wildman–Crippen MR) is 99.4 cm³/mol. The number of aldehydes is 1. The lowest BCUT2D eigenvalue weighted by Gasteiger charge is -2.27. The Hall–Kier alpha value is -2.74. The summed E-state index contributed by atoms with van der Waals surface area (Å²) in [5.74, 6) is 1.69. The van der Waals surface area contributed by atoms with E-state index in [1.807, 2.05) is 25.3 Å². The van der Waals surface area contributed by atoms with Gasteiger partial charge < -0.3 is 19.2 Å². The highest BCUT2D eigenvalue weighted by Gasteiger charge is 2.48. The molecule has 1 N–H and O–H groups in total. The highest BCUT2D eigenvalue weighted by atomic mass is 16.5. The normalized spacial score (nSPS) is 20.7. The van der Waals surface area contributed by atoms with Gasteiger partial charge in [0.15, 0.2) is 0 Å². The molecule has 0 bridgehead atoms. The molecule has 1 unspecified atom stereocenters. The summed E-state index contributed by atoms with van der Waals surface area (Å²) < 4.78 is 5.20. The SMILES string of the molecule is Cc1cc(C(C=O)N2CCN(c3ncnc4[nH]ccc34)CC3(CC3)C2)no1. The monoisotopic (exact) mass is 366 g/mol. The maximum Gasteiger partial charge on any atom is 0.143 e. The van der Waals surface area contributed by atoms with Crippen LogP contribution in [0.2, 0.25) is 0 Å². The van der Waals surface area contributed by atoms with Crippen LogP contribution in [0.3, 0.4) is 0 Å². The molecule has 1 saturated carbocycles. The van der Waals surface area contributed by atoms with E-state index in [-0.39, 0.29) is 11.5 Å². The maximum absolute atomic E-state index is 11.9. The lowest BCUT2D eigenvalue weighted by atomic mass is 10.0. The zero-order valence-electron chi connectivity index (χ0n) is 15.3. The summed E-state index contributed by atoms with van der Waals surface area (Å²) in [6, 6.07) is 3.52. The third-order valence-corrected chi connectivity index (χ3v) is 5.78. The average molecular weight is 366 g/mol. The van der Waals surface area contributed by atoms with Crippen molar-refractivity contribution in [1.82, 2.24) is 25.0 Å². The van der Waals surface area contributed by atoms with Crippen molar-refractivity contribution in [3.05, 3.63) is 36.1 Å². The molecule has 0 radical (unpaired) electrons. The van der Waals surface area contributed by atoms with E-state index >= 15 is 0 Å². The molecule has 8 nitrogen and oxygen atoms in total. The van der Waals surface area contributed by atoms with E-state index < -0.39 is 0 Å². The zero-order valence-corrected chi connectivity index (χ0v) is 15.3. The fourth-order valence-corrected chi connectivity index (χ4v) is 4.18. The Morgan fingerprint density at radius 1 is 1.30 bits per heavy atom. The number of aromatic nitrogens is 4. The first-order valence-electron chi connectivity index (χ1n) is 9.33. The molecule has 27 heavy (non-hydrogen) atoms. The Morgan fingerprint density at radius 2 is 2.19 bits per heavy atom. The number of aromatic amines is 1. The van der Waals surface area contributed by atoms with Crippen LogP contribution in [0.4, 0.5) is 5.82 Å². The van der Waals surface area contributed by atoms with Gasteiger partial charge in [0.1, 0.15) is 41.6 Å². The number of H-pyrrole nitrogens is 1. The Labute approximate surface area is 156 Å². The fraction of sp³-hybridized carbons (Fsp3) is 0.474. The number of hydrogen-bond acceptors (Lipinski definition) is 7. The summed E-state index contributed by atoms with van der Waals surface area (Å²) in [5.41, 5.74) is 1.76. The van der Waals surface area contributed by atoms with Crippen LogP contribution in [0, 0.1) is 12.3 Å². The maximum atomic E-state index is 11.9. The number of fused-ring (bicyclic) bond motifs is 1. The third-order valence-electron chi connectivity index (χ3n) is 5.78. The molecule has 3 aromatic rings. The van der Waals surface area contributed by atoms with Crippen LogP contribution in [-0.2, 0) is 4.79 Å². The van der Waals surface area contributed by atoms with Crippen molar-refractivity contribution in [3.63, 3.8) is 0 Å². The number of nitrogens with one attached hydrogen (secondary N) is 1. The molecule has 1 aliphatic carbocycles. The Balaban J connectivity index is 1.45. The third kappa shape index (κ3) is 2.90. The van der Waals surface area contributed by atoms with Gasteiger partial charge in [-0.1, -0.05) is 5.16 Å². The van der Waals surface area contributed by atoms with Crippen molar-refractivity contribution < 1.29 is 9.32 Å². The van der Waals surface area contributed by atoms with Gasteiger partial charge in [0, 0.05) is 43.9 Å². The molecule has 8 heteroatoms. The van der Waals surface area contributed by atoms with Crippen LogP contribution in [-0.4, -0.2) is 57.5 Å². The molecule has 4 heterocycles. The highest BCUT2D eigenvalue weighted by molar-refractivity contribution is 5.87. The molecule has 1 atom stereocenters. The van der Waals surface area contributed by atoms with Gasteiger partial charge in [0.05, 0.1) is 5.39 Å². The molecule has 5 rings (SSSR count). The Bertz CT molecular complexity index is 975. The van der Waals surface area contributed by atoms with E-state index in [0.717, 1.165) is 55.1 Å². The minimum absolute atomic E-state index is 0.212. The van der Waals surface area contributed by atoms with E-state index in [2.05, 4.69) is 29.9 Å². The molecular weight excluding hydrogens is 344 g/mol. The summed E-state index contributed by atoms with van der Waals surface area (Å²) in [6.07, 6.45) is 6.84. The Kier molecular flexibility index (Phi) is 3.75. The number of rotatable bonds is 4. The van der Waals surface area contributed by atoms with Crippen molar-refractivity contribution in [1.29, 1.82) is 0 Å². The lowest BCUT2D eigenvalue weighted by Crippen LogP contribution is -2.35. The van der Waals surface area contributed by atoms with Gasteiger partial charge in [-0.15, -0.1) is 0 Å². The van der Waals surface area contributed by atoms with Gasteiger partial charge in [-0.05, 0) is 25.8 Å². The first-order chi connectivity index (χ1) is 13.2. The van der Waals surface area contributed by atoms with E-state index in [1.165, 1.54) is 12.8 Å². The molecule has 3 aromatic heterocycles. The minimum atomic E-state index is -0.363. The first-order valence-corrected chi connectivity index (χ1v) is 9.33. The fourth-order valence-electron chi connectivity index (χ4n) is 4.18. The molecule has 2 aliphatic rings. The van der Waals surface area contributed by atoms with Crippen LogP contribution in [0.15, 0.2) is 29.2 Å². The van der Waals surface area contributed by atoms with Crippen LogP contribution >= 0.6 is 0 Å². The van der Waals surface area contributed by atoms with Crippen molar-refractivity contribution in [2.24, 2.45) is 5.41 Å². The largest absolute Gasteiger partial charge is 0.361 e. The summed E-state index contributed by atoms with van der Waals surface area (Å²) in [5, 5.41) is 5.13. The zero-order chi connectivity index (χ0) is 18.4. The number of aryl methyl sites for hydroxylation is 1. The second-order valence-corrected chi connectivity index (χ2v) is 7.77. The van der Waals surface area contributed by atoms with E-state index in [4.69, 9.17) is 4.52 Å². The van der Waals surface area contributed by atoms with Gasteiger partial charge in [0.2, 0.25) is 0 Å². The molecule has 1 saturated heterocycles. The first kappa shape index (κ1) is 16.4. The van der Waals surface area contributed by atoms with Crippen LogP contribution in [0.5, 0.6) is 0 Å². The number of carbonyl (C=O) groups is 1. The number of nitrogens with zero attached hydrogens (tertiary/aromatic N) is 5. The molecular formula is C19H22N6O2. The summed E-state index contributed by atoms with van der Waals surface area (Å²) in [4.78, 5) is 28.5. The topological polar surface area (TPSA) is 91.2 Å². The van der Waals surface area contributed by atoms with E-state index in [0.29, 0.717) is 5.69 Å². The summed E-state index contributed by atoms with van der Waals surface area (Å²) in [7, 11) is 0. The molecule has 0 aromatic carbocycles. The predicted octanol–water partition coefficient (Wildman–Crippen LogP) is 2.10. The quantitative estimate of drug-likeness (QED) is 0.707. The van der Waals surface area contributed by atoms with Gasteiger partial charge >= 0.3 is 0 Å². The van der Waals surface area contributed by atoms with Crippen LogP contribution in [0.25, 0.3) is 11.0 Å². The number of hydrogen-bond donors (Lipinski definition) is 1. The second kappa shape index (κ2) is 6.16. The van der Waals surface area contributed by atoms with Gasteiger partial charge in [-0.25, -0.2) is 9.97 Å². The lowest BCUT2D eigenvalue weighted by molar-refractivity contribution is -0.113. The minimum Gasteiger partial charge on any atom is -0.361 e. The van der Waals surface area contributed by atoms with Gasteiger partial charge in [-0.2, -0.15) is 0 Å². The molecule has 0 amide bonds. The van der Waals surface area contributed by atoms with Gasteiger partial charge in [-0.3, -0.25) is 4.90 Å².